The van der Waals surface area contributed by atoms with Gasteiger partial charge in [0.2, 0.25) is 0 Å². The van der Waals surface area contributed by atoms with Crippen LogP contribution in [-0.2, 0) is 6.42 Å². The number of imidazole rings is 1. The predicted octanol–water partition coefficient (Wildman–Crippen LogP) is 4.05. The van der Waals surface area contributed by atoms with E-state index in [2.05, 4.69) is 23.4 Å². The molecular weight excluding hydrogens is 243 g/mol. The van der Waals surface area contributed by atoms with Crippen molar-refractivity contribution in [3.63, 3.8) is 0 Å². The molecule has 0 aliphatic carbocycles. The number of aromatic nitrogens is 2. The number of fused-ring (bicyclic) bond motifs is 1. The van der Waals surface area contributed by atoms with Crippen LogP contribution in [0.25, 0.3) is 11.0 Å². The molecule has 1 aromatic carbocycles. The summed E-state index contributed by atoms with van der Waals surface area (Å²) in [6, 6.07) is 6.14. The average molecular weight is 257 g/mol. The molecular formula is C12H14Cl2N2. The fourth-order valence-electron chi connectivity index (χ4n) is 1.95. The Hall–Kier alpha value is -0.730. The van der Waals surface area contributed by atoms with Gasteiger partial charge in [-0.15, -0.1) is 11.6 Å². The smallest absolute Gasteiger partial charge is 0.111 e. The van der Waals surface area contributed by atoms with Crippen LogP contribution in [0.3, 0.4) is 0 Å². The van der Waals surface area contributed by atoms with Crippen molar-refractivity contribution in [2.75, 3.05) is 5.88 Å². The minimum atomic E-state index is 0.363. The second-order valence-corrected chi connectivity index (χ2v) is 4.88. The Balaban J connectivity index is 2.67. The van der Waals surface area contributed by atoms with E-state index in [-0.39, 0.29) is 0 Å². The Kier molecular flexibility index (Phi) is 3.41. The lowest BCUT2D eigenvalue weighted by Crippen LogP contribution is -2.06. The van der Waals surface area contributed by atoms with Gasteiger partial charge in [0.05, 0.1) is 11.0 Å². The third-order valence-electron chi connectivity index (χ3n) is 2.56. The molecule has 86 valence electrons. The molecule has 2 rings (SSSR count). The number of hydrogen-bond donors (Lipinski definition) is 0. The van der Waals surface area contributed by atoms with Crippen LogP contribution < -0.4 is 0 Å². The molecule has 0 bridgehead atoms. The first kappa shape index (κ1) is 11.7. The molecule has 0 aliphatic rings. The zero-order chi connectivity index (χ0) is 11.7. The minimum absolute atomic E-state index is 0.363. The van der Waals surface area contributed by atoms with Crippen LogP contribution in [0.2, 0.25) is 5.02 Å². The van der Waals surface area contributed by atoms with Crippen molar-refractivity contribution >= 4 is 34.2 Å². The fraction of sp³-hybridized carbons (Fsp3) is 0.417. The normalized spacial score (nSPS) is 11.6. The summed E-state index contributed by atoms with van der Waals surface area (Å²) in [6.45, 7) is 4.28. The number of alkyl halides is 1. The molecule has 0 unspecified atom stereocenters. The van der Waals surface area contributed by atoms with Gasteiger partial charge in [-0.3, -0.25) is 0 Å². The molecule has 0 spiro atoms. The Morgan fingerprint density at radius 3 is 2.75 bits per heavy atom. The first-order chi connectivity index (χ1) is 7.63. The number of hydrogen-bond acceptors (Lipinski definition) is 1. The topological polar surface area (TPSA) is 17.8 Å². The molecule has 0 N–H and O–H groups in total. The van der Waals surface area contributed by atoms with Gasteiger partial charge in [0, 0.05) is 23.4 Å². The summed E-state index contributed by atoms with van der Waals surface area (Å²) in [5.74, 6) is 1.62. The third kappa shape index (κ3) is 2.04. The quantitative estimate of drug-likeness (QED) is 0.758. The Morgan fingerprint density at radius 1 is 1.38 bits per heavy atom. The highest BCUT2D eigenvalue weighted by Gasteiger charge is 2.12. The van der Waals surface area contributed by atoms with E-state index in [1.54, 1.807) is 0 Å². The Labute approximate surface area is 105 Å². The van der Waals surface area contributed by atoms with E-state index in [1.807, 2.05) is 18.2 Å². The second-order valence-electron chi connectivity index (χ2n) is 4.06. The molecule has 1 aromatic heterocycles. The van der Waals surface area contributed by atoms with Crippen LogP contribution in [0.15, 0.2) is 18.2 Å². The highest BCUT2D eigenvalue weighted by Crippen LogP contribution is 2.24. The van der Waals surface area contributed by atoms with E-state index in [0.29, 0.717) is 11.9 Å². The molecule has 0 radical (unpaired) electrons. The maximum Gasteiger partial charge on any atom is 0.111 e. The molecule has 1 heterocycles. The summed E-state index contributed by atoms with van der Waals surface area (Å²) in [6.07, 6.45) is 0.784. The number of halogens is 2. The second kappa shape index (κ2) is 4.64. The van der Waals surface area contributed by atoms with Crippen molar-refractivity contribution in [3.8, 4) is 0 Å². The van der Waals surface area contributed by atoms with Crippen molar-refractivity contribution in [2.45, 2.75) is 26.3 Å². The van der Waals surface area contributed by atoms with Gasteiger partial charge in [0.25, 0.3) is 0 Å². The number of benzene rings is 1. The summed E-state index contributed by atoms with van der Waals surface area (Å²) >= 11 is 11.8. The largest absolute Gasteiger partial charge is 0.325 e. The standard InChI is InChI=1S/C12H14Cl2N2/c1-8(2)16-11-7-9(14)3-4-10(11)15-12(16)5-6-13/h3-4,7-8H,5-6H2,1-2H3. The lowest BCUT2D eigenvalue weighted by Gasteiger charge is -2.12. The van der Waals surface area contributed by atoms with Crippen LogP contribution in [0.1, 0.15) is 25.7 Å². The average Bonchev–Trinajstić information content (AvgIpc) is 2.55. The lowest BCUT2D eigenvalue weighted by molar-refractivity contribution is 0.589. The van der Waals surface area contributed by atoms with E-state index in [1.165, 1.54) is 0 Å². The third-order valence-corrected chi connectivity index (χ3v) is 2.98. The number of nitrogens with zero attached hydrogens (tertiary/aromatic N) is 2. The molecule has 0 amide bonds. The first-order valence-corrected chi connectivity index (χ1v) is 6.27. The van der Waals surface area contributed by atoms with Gasteiger partial charge in [-0.2, -0.15) is 0 Å². The van der Waals surface area contributed by atoms with E-state index in [4.69, 9.17) is 23.2 Å². The molecule has 0 aliphatic heterocycles. The van der Waals surface area contributed by atoms with Crippen LogP contribution >= 0.6 is 23.2 Å². The molecule has 0 atom stereocenters. The lowest BCUT2D eigenvalue weighted by atomic mass is 10.3. The predicted molar refractivity (Wildman–Crippen MR) is 69.6 cm³/mol. The number of aryl methyl sites for hydroxylation is 1. The van der Waals surface area contributed by atoms with Crippen LogP contribution in [-0.4, -0.2) is 15.4 Å². The SMILES string of the molecule is CC(C)n1c(CCCl)nc2ccc(Cl)cc21. The van der Waals surface area contributed by atoms with Gasteiger partial charge in [-0.05, 0) is 32.0 Å². The van der Waals surface area contributed by atoms with E-state index in [9.17, 15) is 0 Å². The van der Waals surface area contributed by atoms with Gasteiger partial charge >= 0.3 is 0 Å². The Bertz CT molecular complexity index is 503. The van der Waals surface area contributed by atoms with E-state index < -0.39 is 0 Å². The minimum Gasteiger partial charge on any atom is -0.325 e. The zero-order valence-corrected chi connectivity index (χ0v) is 10.9. The van der Waals surface area contributed by atoms with Crippen molar-refractivity contribution in [1.82, 2.24) is 9.55 Å². The highest BCUT2D eigenvalue weighted by atomic mass is 35.5. The van der Waals surface area contributed by atoms with Gasteiger partial charge in [0.1, 0.15) is 5.82 Å². The maximum atomic E-state index is 6.01. The van der Waals surface area contributed by atoms with Crippen molar-refractivity contribution < 1.29 is 0 Å². The van der Waals surface area contributed by atoms with Crippen molar-refractivity contribution in [3.05, 3.63) is 29.0 Å². The van der Waals surface area contributed by atoms with Crippen LogP contribution in [0.5, 0.6) is 0 Å². The van der Waals surface area contributed by atoms with Gasteiger partial charge in [-0.25, -0.2) is 4.98 Å². The Morgan fingerprint density at radius 2 is 2.12 bits per heavy atom. The van der Waals surface area contributed by atoms with E-state index in [0.717, 1.165) is 28.3 Å². The van der Waals surface area contributed by atoms with Gasteiger partial charge in [0.15, 0.2) is 0 Å². The van der Waals surface area contributed by atoms with E-state index >= 15 is 0 Å². The molecule has 4 heteroatoms. The number of rotatable bonds is 3. The van der Waals surface area contributed by atoms with Gasteiger partial charge in [-0.1, -0.05) is 11.6 Å². The molecule has 2 nitrogen and oxygen atoms in total. The summed E-state index contributed by atoms with van der Waals surface area (Å²) in [7, 11) is 0. The fourth-order valence-corrected chi connectivity index (χ4v) is 2.29. The van der Waals surface area contributed by atoms with Crippen LogP contribution in [0, 0.1) is 0 Å². The molecule has 2 aromatic rings. The summed E-state index contributed by atoms with van der Waals surface area (Å²) in [5.41, 5.74) is 2.07. The summed E-state index contributed by atoms with van der Waals surface area (Å²) in [5, 5.41) is 0.742. The van der Waals surface area contributed by atoms with Crippen molar-refractivity contribution in [2.24, 2.45) is 0 Å². The summed E-state index contributed by atoms with van der Waals surface area (Å²) < 4.78 is 2.20. The molecule has 0 fully saturated rings. The van der Waals surface area contributed by atoms with Crippen molar-refractivity contribution in [1.29, 1.82) is 0 Å². The maximum absolute atomic E-state index is 6.01. The zero-order valence-electron chi connectivity index (χ0n) is 9.37. The monoisotopic (exact) mass is 256 g/mol. The van der Waals surface area contributed by atoms with Crippen LogP contribution in [0.4, 0.5) is 0 Å². The molecule has 0 saturated heterocycles. The molecule has 0 saturated carbocycles. The molecule has 16 heavy (non-hydrogen) atoms. The van der Waals surface area contributed by atoms with Gasteiger partial charge < -0.3 is 4.57 Å². The summed E-state index contributed by atoms with van der Waals surface area (Å²) in [4.78, 5) is 4.58. The highest BCUT2D eigenvalue weighted by molar-refractivity contribution is 6.31. The first-order valence-electron chi connectivity index (χ1n) is 5.36.